The fourth-order valence-corrected chi connectivity index (χ4v) is 8.54. The van der Waals surface area contributed by atoms with Gasteiger partial charge in [0.05, 0.1) is 27.6 Å². The number of hydrogen-bond donors (Lipinski definition) is 0. The number of thiazole rings is 1. The maximum absolute atomic E-state index is 12.8. The van der Waals surface area contributed by atoms with Gasteiger partial charge in [-0.3, -0.25) is 0 Å². The van der Waals surface area contributed by atoms with Crippen molar-refractivity contribution in [2.75, 3.05) is 6.61 Å². The molecular formula is C31H36N6O3S2. The minimum atomic E-state index is -0.474. The molecule has 0 saturated carbocycles. The van der Waals surface area contributed by atoms with Crippen LogP contribution in [0.3, 0.4) is 0 Å². The molecule has 3 saturated heterocycles. The molecule has 3 aliphatic rings. The molecule has 1 amide bonds. The van der Waals surface area contributed by atoms with E-state index in [0.717, 1.165) is 89.2 Å². The Kier molecular flexibility index (Phi) is 7.44. The number of rotatable bonds is 5. The lowest BCUT2D eigenvalue weighted by molar-refractivity contribution is -0.0394. The Morgan fingerprint density at radius 2 is 1.86 bits per heavy atom. The quantitative estimate of drug-likeness (QED) is 0.234. The maximum atomic E-state index is 12.8. The SMILES string of the molecule is CC(C)(C)OC(=O)N1C2CCC1CC(Sc1ccc(-c3ccc(-c4cnn(C5CCCCO5)c4)c4ncsc34)nn1)C2. The van der Waals surface area contributed by atoms with Gasteiger partial charge in [0.2, 0.25) is 0 Å². The van der Waals surface area contributed by atoms with Gasteiger partial charge < -0.3 is 14.4 Å². The van der Waals surface area contributed by atoms with Crippen molar-refractivity contribution in [3.63, 3.8) is 0 Å². The summed E-state index contributed by atoms with van der Waals surface area (Å²) in [6.07, 6.45) is 11.1. The predicted octanol–water partition coefficient (Wildman–Crippen LogP) is 7.34. The second-order valence-corrected chi connectivity index (χ2v) is 14.6. The Hall–Kier alpha value is -3.02. The molecule has 0 radical (unpaired) electrons. The molecule has 11 heteroatoms. The Bertz CT molecular complexity index is 1560. The van der Waals surface area contributed by atoms with Crippen molar-refractivity contribution in [3.8, 4) is 22.4 Å². The lowest BCUT2D eigenvalue weighted by atomic mass is 10.0. The van der Waals surface area contributed by atoms with Gasteiger partial charge in [0.1, 0.15) is 16.9 Å². The molecular weight excluding hydrogens is 569 g/mol. The first-order valence-corrected chi connectivity index (χ1v) is 16.6. The lowest BCUT2D eigenvalue weighted by Crippen LogP contribution is -2.49. The van der Waals surface area contributed by atoms with E-state index in [1.165, 1.54) is 0 Å². The highest BCUT2D eigenvalue weighted by Crippen LogP contribution is 2.43. The van der Waals surface area contributed by atoms with E-state index >= 15 is 0 Å². The van der Waals surface area contributed by atoms with Gasteiger partial charge >= 0.3 is 6.09 Å². The smallest absolute Gasteiger partial charge is 0.410 e. The molecule has 42 heavy (non-hydrogen) atoms. The number of benzene rings is 1. The van der Waals surface area contributed by atoms with Crippen LogP contribution in [0.4, 0.5) is 4.79 Å². The third kappa shape index (κ3) is 5.54. The van der Waals surface area contributed by atoms with Gasteiger partial charge in [0, 0.05) is 46.8 Å². The molecule has 0 N–H and O–H groups in total. The summed E-state index contributed by atoms with van der Waals surface area (Å²) in [6, 6.07) is 8.84. The summed E-state index contributed by atoms with van der Waals surface area (Å²) >= 11 is 3.40. The highest BCUT2D eigenvalue weighted by Gasteiger charge is 2.45. The van der Waals surface area contributed by atoms with E-state index in [1.807, 2.05) is 42.1 Å². The Morgan fingerprint density at radius 1 is 1.05 bits per heavy atom. The summed E-state index contributed by atoms with van der Waals surface area (Å²) in [7, 11) is 0. The van der Waals surface area contributed by atoms with Gasteiger partial charge in [0.25, 0.3) is 0 Å². The van der Waals surface area contributed by atoms with Crippen LogP contribution in [-0.2, 0) is 9.47 Å². The van der Waals surface area contributed by atoms with Crippen LogP contribution in [0.2, 0.25) is 0 Å². The minimum absolute atomic E-state index is 0.0111. The van der Waals surface area contributed by atoms with Crippen LogP contribution in [-0.4, -0.2) is 65.5 Å². The Labute approximate surface area is 254 Å². The summed E-state index contributed by atoms with van der Waals surface area (Å²) in [4.78, 5) is 19.5. The van der Waals surface area contributed by atoms with Gasteiger partial charge in [-0.25, -0.2) is 14.5 Å². The third-order valence-electron chi connectivity index (χ3n) is 8.34. The highest BCUT2D eigenvalue weighted by atomic mass is 32.2. The Balaban J connectivity index is 1.05. The van der Waals surface area contributed by atoms with E-state index in [-0.39, 0.29) is 24.4 Å². The molecule has 9 nitrogen and oxygen atoms in total. The number of hydrogen-bond acceptors (Lipinski definition) is 9. The number of nitrogens with zero attached hydrogens (tertiary/aromatic N) is 6. The van der Waals surface area contributed by atoms with Crippen molar-refractivity contribution in [2.24, 2.45) is 0 Å². The molecule has 3 fully saturated rings. The average Bonchev–Trinajstić information content (AvgIpc) is 3.71. The first kappa shape index (κ1) is 27.8. The van der Waals surface area contributed by atoms with E-state index in [0.29, 0.717) is 5.25 Å². The number of ether oxygens (including phenoxy) is 2. The number of aromatic nitrogens is 5. The van der Waals surface area contributed by atoms with E-state index in [1.54, 1.807) is 23.1 Å². The lowest BCUT2D eigenvalue weighted by Gasteiger charge is -2.39. The molecule has 0 aliphatic carbocycles. The van der Waals surface area contributed by atoms with Crippen molar-refractivity contribution in [1.82, 2.24) is 29.9 Å². The number of carbonyl (C=O) groups is 1. The maximum Gasteiger partial charge on any atom is 0.410 e. The topological polar surface area (TPSA) is 95.3 Å². The van der Waals surface area contributed by atoms with Gasteiger partial charge in [-0.15, -0.1) is 33.3 Å². The van der Waals surface area contributed by atoms with Crippen LogP contribution in [0.25, 0.3) is 32.6 Å². The summed E-state index contributed by atoms with van der Waals surface area (Å²) in [5.74, 6) is 0. The van der Waals surface area contributed by atoms with Crippen LogP contribution in [0.5, 0.6) is 0 Å². The van der Waals surface area contributed by atoms with Crippen molar-refractivity contribution in [3.05, 3.63) is 42.2 Å². The Morgan fingerprint density at radius 3 is 2.57 bits per heavy atom. The average molecular weight is 605 g/mol. The molecule has 0 spiro atoms. The zero-order valence-corrected chi connectivity index (χ0v) is 25.9. The second kappa shape index (κ2) is 11.2. The van der Waals surface area contributed by atoms with Crippen molar-refractivity contribution >= 4 is 39.4 Å². The molecule has 7 rings (SSSR count). The van der Waals surface area contributed by atoms with Crippen molar-refractivity contribution in [2.45, 2.75) is 99.9 Å². The van der Waals surface area contributed by atoms with Crippen LogP contribution in [0.15, 0.2) is 47.2 Å². The van der Waals surface area contributed by atoms with E-state index in [4.69, 9.17) is 14.5 Å². The number of fused-ring (bicyclic) bond motifs is 3. The molecule has 3 aliphatic heterocycles. The third-order valence-corrected chi connectivity index (χ3v) is 10.4. The number of carbonyl (C=O) groups excluding carboxylic acids is 1. The summed E-state index contributed by atoms with van der Waals surface area (Å²) < 4.78 is 14.6. The summed E-state index contributed by atoms with van der Waals surface area (Å²) in [5.41, 5.74) is 6.34. The fraction of sp³-hybridized carbons (Fsp3) is 0.516. The van der Waals surface area contributed by atoms with E-state index < -0.39 is 5.60 Å². The zero-order chi connectivity index (χ0) is 28.8. The number of thioether (sulfide) groups is 1. The monoisotopic (exact) mass is 604 g/mol. The molecule has 4 aromatic rings. The van der Waals surface area contributed by atoms with E-state index in [9.17, 15) is 4.79 Å². The van der Waals surface area contributed by atoms with Crippen LogP contribution < -0.4 is 0 Å². The van der Waals surface area contributed by atoms with Crippen molar-refractivity contribution in [1.29, 1.82) is 0 Å². The highest BCUT2D eigenvalue weighted by molar-refractivity contribution is 7.99. The largest absolute Gasteiger partial charge is 0.444 e. The number of amides is 1. The van der Waals surface area contributed by atoms with Gasteiger partial charge in [-0.05, 0) is 77.8 Å². The minimum Gasteiger partial charge on any atom is -0.444 e. The van der Waals surface area contributed by atoms with Gasteiger partial charge in [-0.1, -0.05) is 12.1 Å². The fourth-order valence-electron chi connectivity index (χ4n) is 6.49. The molecule has 6 heterocycles. The molecule has 2 bridgehead atoms. The van der Waals surface area contributed by atoms with Crippen LogP contribution >= 0.6 is 23.1 Å². The van der Waals surface area contributed by atoms with Gasteiger partial charge in [-0.2, -0.15) is 5.10 Å². The van der Waals surface area contributed by atoms with Crippen LogP contribution in [0.1, 0.15) is 71.9 Å². The molecule has 3 atom stereocenters. The predicted molar refractivity (Wildman–Crippen MR) is 164 cm³/mol. The molecule has 3 aromatic heterocycles. The second-order valence-electron chi connectivity index (χ2n) is 12.5. The normalized spacial score (nSPS) is 24.3. The molecule has 3 unspecified atom stereocenters. The van der Waals surface area contributed by atoms with Crippen LogP contribution in [0, 0.1) is 0 Å². The van der Waals surface area contributed by atoms with Crippen molar-refractivity contribution < 1.29 is 14.3 Å². The summed E-state index contributed by atoms with van der Waals surface area (Å²) in [5, 5.41) is 15.2. The van der Waals surface area contributed by atoms with E-state index in [2.05, 4.69) is 45.8 Å². The first-order valence-electron chi connectivity index (χ1n) is 14.9. The van der Waals surface area contributed by atoms with Gasteiger partial charge in [0.15, 0.2) is 0 Å². The first-order chi connectivity index (χ1) is 20.3. The molecule has 1 aromatic carbocycles. The standard InChI is InChI=1S/C31H36N6O3S2/c1-31(2,3)40-30(38)37-20-7-8-21(37)15-22(14-20)42-26-12-11-25(34-35-26)24-10-9-23(28-29(24)41-18-32-28)19-16-33-36(17-19)27-6-4-5-13-39-27/h9-12,16-18,20-22,27H,4-8,13-15H2,1-3H3. The zero-order valence-electron chi connectivity index (χ0n) is 24.2. The molecule has 220 valence electrons. The summed E-state index contributed by atoms with van der Waals surface area (Å²) in [6.45, 7) is 6.57. The number of piperidine rings is 1.